The van der Waals surface area contributed by atoms with E-state index < -0.39 is 0 Å². The van der Waals surface area contributed by atoms with Gasteiger partial charge in [0.2, 0.25) is 5.95 Å². The van der Waals surface area contributed by atoms with Crippen LogP contribution in [-0.2, 0) is 6.54 Å². The SMILES string of the molecule is c1csc(CN2CCC[C@@H](Nc3nccc(-c4ccncc4)n3)C2)c1. The van der Waals surface area contributed by atoms with Crippen LogP contribution in [0, 0.1) is 0 Å². The largest absolute Gasteiger partial charge is 0.350 e. The van der Waals surface area contributed by atoms with E-state index in [4.69, 9.17) is 0 Å². The smallest absolute Gasteiger partial charge is 0.223 e. The monoisotopic (exact) mass is 351 g/mol. The molecule has 1 saturated heterocycles. The molecule has 0 amide bonds. The quantitative estimate of drug-likeness (QED) is 0.760. The maximum Gasteiger partial charge on any atom is 0.223 e. The lowest BCUT2D eigenvalue weighted by atomic mass is 10.1. The number of rotatable bonds is 5. The van der Waals surface area contributed by atoms with Crippen LogP contribution in [0.4, 0.5) is 5.95 Å². The van der Waals surface area contributed by atoms with Crippen molar-refractivity contribution in [2.75, 3.05) is 18.4 Å². The minimum atomic E-state index is 0.390. The second-order valence-corrected chi connectivity index (χ2v) is 7.33. The third kappa shape index (κ3) is 4.21. The van der Waals surface area contributed by atoms with Crippen LogP contribution in [-0.4, -0.2) is 39.0 Å². The van der Waals surface area contributed by atoms with Crippen molar-refractivity contribution in [2.24, 2.45) is 0 Å². The molecule has 0 spiro atoms. The average Bonchev–Trinajstić information content (AvgIpc) is 3.16. The molecule has 1 aliphatic heterocycles. The van der Waals surface area contributed by atoms with Crippen LogP contribution in [0.15, 0.2) is 54.3 Å². The van der Waals surface area contributed by atoms with Gasteiger partial charge in [0.1, 0.15) is 0 Å². The van der Waals surface area contributed by atoms with Crippen molar-refractivity contribution < 1.29 is 0 Å². The molecule has 0 aromatic carbocycles. The zero-order valence-electron chi connectivity index (χ0n) is 14.0. The topological polar surface area (TPSA) is 53.9 Å². The van der Waals surface area contributed by atoms with Gasteiger partial charge in [-0.05, 0) is 49.0 Å². The first kappa shape index (κ1) is 16.2. The Morgan fingerprint density at radius 1 is 1.16 bits per heavy atom. The Morgan fingerprint density at radius 2 is 2.08 bits per heavy atom. The number of hydrogen-bond donors (Lipinski definition) is 1. The van der Waals surface area contributed by atoms with Crippen LogP contribution in [0.1, 0.15) is 17.7 Å². The number of pyridine rings is 1. The number of aromatic nitrogens is 3. The van der Waals surface area contributed by atoms with Crippen molar-refractivity contribution in [3.8, 4) is 11.3 Å². The summed E-state index contributed by atoms with van der Waals surface area (Å²) >= 11 is 1.83. The van der Waals surface area contributed by atoms with Gasteiger partial charge in [0.05, 0.1) is 5.69 Å². The van der Waals surface area contributed by atoms with Gasteiger partial charge in [-0.25, -0.2) is 9.97 Å². The molecule has 3 aromatic rings. The predicted octanol–water partition coefficient (Wildman–Crippen LogP) is 3.68. The van der Waals surface area contributed by atoms with E-state index in [1.807, 2.05) is 35.7 Å². The van der Waals surface area contributed by atoms with E-state index in [0.29, 0.717) is 12.0 Å². The number of nitrogens with zero attached hydrogens (tertiary/aromatic N) is 4. The van der Waals surface area contributed by atoms with Gasteiger partial charge >= 0.3 is 0 Å². The molecule has 0 radical (unpaired) electrons. The van der Waals surface area contributed by atoms with Gasteiger partial charge in [-0.3, -0.25) is 9.88 Å². The van der Waals surface area contributed by atoms with Gasteiger partial charge < -0.3 is 5.32 Å². The summed E-state index contributed by atoms with van der Waals surface area (Å²) in [4.78, 5) is 17.1. The summed E-state index contributed by atoms with van der Waals surface area (Å²) in [5, 5.41) is 5.67. The number of nitrogens with one attached hydrogen (secondary N) is 1. The first-order chi connectivity index (χ1) is 12.4. The first-order valence-corrected chi connectivity index (χ1v) is 9.49. The molecule has 0 bridgehead atoms. The summed E-state index contributed by atoms with van der Waals surface area (Å²) in [6.45, 7) is 3.22. The summed E-state index contributed by atoms with van der Waals surface area (Å²) in [7, 11) is 0. The van der Waals surface area contributed by atoms with Crippen molar-refractivity contribution in [3.05, 3.63) is 59.2 Å². The number of piperidine rings is 1. The molecule has 1 N–H and O–H groups in total. The maximum absolute atomic E-state index is 4.67. The van der Waals surface area contributed by atoms with E-state index in [9.17, 15) is 0 Å². The van der Waals surface area contributed by atoms with Crippen molar-refractivity contribution >= 4 is 17.3 Å². The third-order valence-corrected chi connectivity index (χ3v) is 5.29. The molecule has 0 aliphatic carbocycles. The maximum atomic E-state index is 4.67. The summed E-state index contributed by atoms with van der Waals surface area (Å²) in [6, 6.07) is 10.6. The predicted molar refractivity (Wildman–Crippen MR) is 102 cm³/mol. The molecule has 0 unspecified atom stereocenters. The number of hydrogen-bond acceptors (Lipinski definition) is 6. The molecule has 128 valence electrons. The summed E-state index contributed by atoms with van der Waals surface area (Å²) in [5.74, 6) is 0.706. The number of anilines is 1. The van der Waals surface area contributed by atoms with Crippen LogP contribution in [0.5, 0.6) is 0 Å². The second-order valence-electron chi connectivity index (χ2n) is 6.30. The summed E-state index contributed by atoms with van der Waals surface area (Å²) in [6.07, 6.45) is 7.75. The van der Waals surface area contributed by atoms with E-state index in [2.05, 4.69) is 42.7 Å². The fourth-order valence-corrected chi connectivity index (χ4v) is 3.98. The molecule has 1 aliphatic rings. The lowest BCUT2D eigenvalue weighted by Gasteiger charge is -2.32. The number of likely N-dealkylation sites (tertiary alicyclic amines) is 1. The van der Waals surface area contributed by atoms with E-state index in [1.54, 1.807) is 12.4 Å². The van der Waals surface area contributed by atoms with Crippen molar-refractivity contribution in [3.63, 3.8) is 0 Å². The Kier molecular flexibility index (Phi) is 4.99. The van der Waals surface area contributed by atoms with Crippen molar-refractivity contribution in [1.29, 1.82) is 0 Å². The minimum absolute atomic E-state index is 0.390. The Bertz CT molecular complexity index is 791. The van der Waals surface area contributed by atoms with Gasteiger partial charge in [0.25, 0.3) is 0 Å². The first-order valence-electron chi connectivity index (χ1n) is 8.61. The van der Waals surface area contributed by atoms with Crippen molar-refractivity contribution in [1.82, 2.24) is 19.9 Å². The minimum Gasteiger partial charge on any atom is -0.350 e. The molecule has 4 heterocycles. The van der Waals surface area contributed by atoms with Gasteiger partial charge in [0, 0.05) is 48.2 Å². The lowest BCUT2D eigenvalue weighted by Crippen LogP contribution is -2.41. The highest BCUT2D eigenvalue weighted by Gasteiger charge is 2.20. The standard InChI is InChI=1S/C19H21N5S/c1-3-16(13-24(11-1)14-17-4-2-12-25-17)22-19-21-10-7-18(23-19)15-5-8-20-9-6-15/h2,4-10,12,16H,1,3,11,13-14H2,(H,21,22,23)/t16-/m1/s1. The Morgan fingerprint density at radius 3 is 2.92 bits per heavy atom. The van der Waals surface area contributed by atoms with Gasteiger partial charge in [-0.2, -0.15) is 0 Å². The Balaban J connectivity index is 1.41. The molecule has 25 heavy (non-hydrogen) atoms. The Labute approximate surface area is 151 Å². The summed E-state index contributed by atoms with van der Waals surface area (Å²) < 4.78 is 0. The van der Waals surface area contributed by atoms with E-state index in [1.165, 1.54) is 11.3 Å². The Hall–Kier alpha value is -2.31. The van der Waals surface area contributed by atoms with E-state index >= 15 is 0 Å². The fourth-order valence-electron chi connectivity index (χ4n) is 3.23. The molecule has 5 nitrogen and oxygen atoms in total. The molecular formula is C19H21N5S. The molecule has 1 fully saturated rings. The molecule has 0 saturated carbocycles. The van der Waals surface area contributed by atoms with Gasteiger partial charge in [-0.1, -0.05) is 6.07 Å². The fraction of sp³-hybridized carbons (Fsp3) is 0.316. The lowest BCUT2D eigenvalue weighted by molar-refractivity contribution is 0.210. The highest BCUT2D eigenvalue weighted by atomic mass is 32.1. The molecule has 4 rings (SSSR count). The highest BCUT2D eigenvalue weighted by molar-refractivity contribution is 7.09. The number of thiophene rings is 1. The second kappa shape index (κ2) is 7.72. The van der Waals surface area contributed by atoms with Crippen LogP contribution < -0.4 is 5.32 Å². The molecular weight excluding hydrogens is 330 g/mol. The zero-order valence-corrected chi connectivity index (χ0v) is 14.8. The van der Waals surface area contributed by atoms with Gasteiger partial charge in [-0.15, -0.1) is 11.3 Å². The van der Waals surface area contributed by atoms with Crippen molar-refractivity contribution in [2.45, 2.75) is 25.4 Å². The zero-order chi connectivity index (χ0) is 16.9. The van der Waals surface area contributed by atoms with E-state index in [0.717, 1.165) is 37.3 Å². The van der Waals surface area contributed by atoms with Crippen LogP contribution in [0.3, 0.4) is 0 Å². The van der Waals surface area contributed by atoms with Gasteiger partial charge in [0.15, 0.2) is 0 Å². The van der Waals surface area contributed by atoms with Crippen LogP contribution in [0.2, 0.25) is 0 Å². The van der Waals surface area contributed by atoms with Crippen LogP contribution >= 0.6 is 11.3 Å². The summed E-state index contributed by atoms with van der Waals surface area (Å²) in [5.41, 5.74) is 1.98. The normalized spacial score (nSPS) is 18.2. The van der Waals surface area contributed by atoms with Crippen LogP contribution in [0.25, 0.3) is 11.3 Å². The average molecular weight is 351 g/mol. The third-order valence-electron chi connectivity index (χ3n) is 4.43. The van der Waals surface area contributed by atoms with E-state index in [-0.39, 0.29) is 0 Å². The molecule has 1 atom stereocenters. The molecule has 3 aromatic heterocycles. The molecule has 6 heteroatoms. The highest BCUT2D eigenvalue weighted by Crippen LogP contribution is 2.20.